The number of carbonyl (C=O) groups is 1. The van der Waals surface area contributed by atoms with Crippen molar-refractivity contribution in [3.8, 4) is 23.1 Å². The number of nitrogens with one attached hydrogen (secondary N) is 1. The van der Waals surface area contributed by atoms with Gasteiger partial charge >= 0.3 is 6.18 Å². The molecule has 0 saturated heterocycles. The van der Waals surface area contributed by atoms with Crippen molar-refractivity contribution in [3.63, 3.8) is 0 Å². The molecule has 1 N–H and O–H groups in total. The molecule has 0 aliphatic carbocycles. The molecule has 5 rings (SSSR count). The van der Waals surface area contributed by atoms with Crippen molar-refractivity contribution in [2.45, 2.75) is 12.7 Å². The van der Waals surface area contributed by atoms with Gasteiger partial charge in [0.15, 0.2) is 5.69 Å². The first-order valence-corrected chi connectivity index (χ1v) is 10.3. The summed E-state index contributed by atoms with van der Waals surface area (Å²) in [5.41, 5.74) is -0.861. The Bertz CT molecular complexity index is 1630. The minimum absolute atomic E-state index is 0.101. The number of aromatic nitrogens is 8. The maximum atomic E-state index is 14.2. The Morgan fingerprint density at radius 3 is 2.81 bits per heavy atom. The van der Waals surface area contributed by atoms with Gasteiger partial charge in [-0.05, 0) is 35.5 Å². The van der Waals surface area contributed by atoms with Crippen LogP contribution in [-0.4, -0.2) is 45.9 Å². The van der Waals surface area contributed by atoms with E-state index in [1.165, 1.54) is 30.7 Å². The van der Waals surface area contributed by atoms with E-state index < -0.39 is 23.3 Å². The number of hydrogen-bond acceptors (Lipinski definition) is 8. The first-order valence-electron chi connectivity index (χ1n) is 10.3. The third-order valence-corrected chi connectivity index (χ3v) is 5.05. The van der Waals surface area contributed by atoms with Gasteiger partial charge in [-0.25, -0.2) is 4.68 Å². The molecule has 0 aliphatic heterocycles. The highest BCUT2D eigenvalue weighted by atomic mass is 19.4. The molecule has 0 bridgehead atoms. The molecule has 11 nitrogen and oxygen atoms in total. The Hall–Kier alpha value is -5.19. The van der Waals surface area contributed by atoms with E-state index in [4.69, 9.17) is 5.26 Å². The summed E-state index contributed by atoms with van der Waals surface area (Å²) in [5, 5.41) is 27.0. The van der Waals surface area contributed by atoms with E-state index in [1.54, 1.807) is 24.3 Å². The summed E-state index contributed by atoms with van der Waals surface area (Å²) >= 11 is 0. The maximum absolute atomic E-state index is 14.2. The van der Waals surface area contributed by atoms with Crippen LogP contribution in [0.15, 0.2) is 61.2 Å². The lowest BCUT2D eigenvalue weighted by Gasteiger charge is -2.14. The molecule has 178 valence electrons. The Balaban J connectivity index is 1.50. The molecular weight excluding hydrogens is 477 g/mol. The monoisotopic (exact) mass is 490 g/mol. The number of nitriles is 1. The van der Waals surface area contributed by atoms with Crippen LogP contribution in [0.2, 0.25) is 0 Å². The number of anilines is 1. The van der Waals surface area contributed by atoms with Crippen molar-refractivity contribution in [1.82, 2.24) is 40.0 Å². The van der Waals surface area contributed by atoms with Gasteiger partial charge in [-0.3, -0.25) is 14.8 Å². The van der Waals surface area contributed by atoms with Crippen molar-refractivity contribution >= 4 is 22.5 Å². The minimum Gasteiger partial charge on any atom is -0.320 e. The molecule has 0 fully saturated rings. The number of carbonyl (C=O) groups excluding carboxylic acids is 1. The SMILES string of the molecule is N#CCn1nnc(-c2cncc(NC(=O)c3cnn(-c4cccc5ncccc45)c3C(F)(F)F)c2)n1. The number of hydrogen-bond donors (Lipinski definition) is 1. The summed E-state index contributed by atoms with van der Waals surface area (Å²) in [6.45, 7) is -0.117. The van der Waals surface area contributed by atoms with Gasteiger partial charge < -0.3 is 5.32 Å². The van der Waals surface area contributed by atoms with Crippen molar-refractivity contribution in [1.29, 1.82) is 5.26 Å². The van der Waals surface area contributed by atoms with E-state index in [1.807, 2.05) is 6.07 Å². The van der Waals surface area contributed by atoms with E-state index in [0.29, 0.717) is 21.1 Å². The summed E-state index contributed by atoms with van der Waals surface area (Å²) in [5.74, 6) is -0.908. The van der Waals surface area contributed by atoms with Crippen molar-refractivity contribution < 1.29 is 18.0 Å². The van der Waals surface area contributed by atoms with E-state index >= 15 is 0 Å². The molecule has 4 aromatic heterocycles. The number of rotatable bonds is 5. The van der Waals surface area contributed by atoms with E-state index in [9.17, 15) is 18.0 Å². The number of amides is 1. The van der Waals surface area contributed by atoms with Gasteiger partial charge in [0.25, 0.3) is 5.91 Å². The Labute approximate surface area is 199 Å². The van der Waals surface area contributed by atoms with Gasteiger partial charge in [-0.15, -0.1) is 15.0 Å². The molecule has 0 saturated carbocycles. The highest BCUT2D eigenvalue weighted by Gasteiger charge is 2.41. The van der Waals surface area contributed by atoms with Gasteiger partial charge in [0.05, 0.1) is 40.9 Å². The van der Waals surface area contributed by atoms with Crippen molar-refractivity contribution in [2.75, 3.05) is 5.32 Å². The van der Waals surface area contributed by atoms with Gasteiger partial charge in [0.1, 0.15) is 6.54 Å². The van der Waals surface area contributed by atoms with Gasteiger partial charge in [0, 0.05) is 23.3 Å². The largest absolute Gasteiger partial charge is 0.434 e. The number of halogens is 3. The molecule has 0 aliphatic rings. The molecule has 0 atom stereocenters. The van der Waals surface area contributed by atoms with Crippen LogP contribution in [0.4, 0.5) is 18.9 Å². The molecule has 0 unspecified atom stereocenters. The fourth-order valence-corrected chi connectivity index (χ4v) is 3.56. The second-order valence-corrected chi connectivity index (χ2v) is 7.38. The molecule has 0 spiro atoms. The standard InChI is InChI=1S/C22H13F3N10O/c23-22(24,25)19-16(12-29-35(19)18-5-1-4-17-15(18)3-2-7-28-17)21(36)30-14-9-13(10-27-11-14)20-31-33-34(32-20)8-6-26/h1-5,7,9-12H,8H2,(H,30,36). The smallest absolute Gasteiger partial charge is 0.320 e. The molecule has 5 aromatic rings. The van der Waals surface area contributed by atoms with Crippen LogP contribution in [0.5, 0.6) is 0 Å². The summed E-state index contributed by atoms with van der Waals surface area (Å²) in [7, 11) is 0. The fraction of sp³-hybridized carbons (Fsp3) is 0.0909. The average molecular weight is 490 g/mol. The van der Waals surface area contributed by atoms with Crippen LogP contribution in [0.1, 0.15) is 16.1 Å². The number of pyridine rings is 2. The Morgan fingerprint density at radius 2 is 2.00 bits per heavy atom. The molecule has 36 heavy (non-hydrogen) atoms. The summed E-state index contributed by atoms with van der Waals surface area (Å²) in [6, 6.07) is 11.2. The van der Waals surface area contributed by atoms with E-state index in [2.05, 4.69) is 35.8 Å². The normalized spacial score (nSPS) is 11.4. The van der Waals surface area contributed by atoms with Crippen LogP contribution in [0, 0.1) is 11.3 Å². The molecular formula is C22H13F3N10O. The van der Waals surface area contributed by atoms with Crippen LogP contribution in [0.25, 0.3) is 28.0 Å². The molecule has 0 radical (unpaired) electrons. The fourth-order valence-electron chi connectivity index (χ4n) is 3.56. The van der Waals surface area contributed by atoms with Gasteiger partial charge in [-0.1, -0.05) is 6.07 Å². The number of alkyl halides is 3. The van der Waals surface area contributed by atoms with Crippen LogP contribution in [0.3, 0.4) is 0 Å². The third-order valence-electron chi connectivity index (χ3n) is 5.05. The Morgan fingerprint density at radius 1 is 1.14 bits per heavy atom. The number of nitrogens with zero attached hydrogens (tertiary/aromatic N) is 9. The predicted molar refractivity (Wildman–Crippen MR) is 118 cm³/mol. The number of benzene rings is 1. The predicted octanol–water partition coefficient (Wildman–Crippen LogP) is 3.26. The Kier molecular flexibility index (Phi) is 5.57. The van der Waals surface area contributed by atoms with Crippen LogP contribution < -0.4 is 5.32 Å². The number of fused-ring (bicyclic) bond motifs is 1. The molecule has 4 heterocycles. The minimum atomic E-state index is -4.89. The van der Waals surface area contributed by atoms with Crippen molar-refractivity contribution in [3.05, 3.63) is 72.4 Å². The summed E-state index contributed by atoms with van der Waals surface area (Å²) < 4.78 is 43.2. The first kappa shape index (κ1) is 22.6. The lowest BCUT2D eigenvalue weighted by Crippen LogP contribution is -2.21. The molecule has 1 aromatic carbocycles. The van der Waals surface area contributed by atoms with E-state index in [-0.39, 0.29) is 23.7 Å². The zero-order chi connectivity index (χ0) is 25.3. The maximum Gasteiger partial charge on any atom is 0.434 e. The highest BCUT2D eigenvalue weighted by Crippen LogP contribution is 2.35. The van der Waals surface area contributed by atoms with Gasteiger partial charge in [0.2, 0.25) is 5.82 Å². The topological polar surface area (TPSA) is 140 Å². The summed E-state index contributed by atoms with van der Waals surface area (Å²) in [6.07, 6.45) is 0.142. The second-order valence-electron chi connectivity index (χ2n) is 7.38. The van der Waals surface area contributed by atoms with E-state index in [0.717, 1.165) is 11.0 Å². The molecule has 14 heteroatoms. The zero-order valence-electron chi connectivity index (χ0n) is 18.0. The first-order chi connectivity index (χ1) is 17.3. The molecule has 1 amide bonds. The van der Waals surface area contributed by atoms with Crippen LogP contribution >= 0.6 is 0 Å². The quantitative estimate of drug-likeness (QED) is 0.396. The average Bonchev–Trinajstić information content (AvgIpc) is 3.52. The third kappa shape index (κ3) is 4.20. The van der Waals surface area contributed by atoms with Crippen molar-refractivity contribution in [2.24, 2.45) is 0 Å². The zero-order valence-corrected chi connectivity index (χ0v) is 18.0. The van der Waals surface area contributed by atoms with Gasteiger partial charge in [-0.2, -0.15) is 23.5 Å². The number of tetrazole rings is 1. The lowest BCUT2D eigenvalue weighted by atomic mass is 10.1. The highest BCUT2D eigenvalue weighted by molar-refractivity contribution is 6.05. The van der Waals surface area contributed by atoms with Crippen LogP contribution in [-0.2, 0) is 12.7 Å². The summed E-state index contributed by atoms with van der Waals surface area (Å²) in [4.78, 5) is 22.1. The second kappa shape index (κ2) is 8.87. The lowest BCUT2D eigenvalue weighted by molar-refractivity contribution is -0.143.